The zero-order chi connectivity index (χ0) is 11.7. The maximum absolute atomic E-state index is 13.3. The summed E-state index contributed by atoms with van der Waals surface area (Å²) in [5.74, 6) is -2.30. The van der Waals surface area contributed by atoms with Crippen molar-refractivity contribution < 1.29 is 18.7 Å². The second-order valence-electron chi connectivity index (χ2n) is 3.75. The Morgan fingerprint density at radius 1 is 1.38 bits per heavy atom. The molecule has 1 aromatic carbocycles. The third-order valence-corrected chi connectivity index (χ3v) is 4.13. The second-order valence-corrected chi connectivity index (χ2v) is 5.03. The summed E-state index contributed by atoms with van der Waals surface area (Å²) in [6.07, 6.45) is 1.35. The minimum Gasteiger partial charge on any atom is -0.481 e. The summed E-state index contributed by atoms with van der Waals surface area (Å²) >= 11 is 1.11. The maximum Gasteiger partial charge on any atom is 0.307 e. The van der Waals surface area contributed by atoms with Crippen molar-refractivity contribution in [1.82, 2.24) is 0 Å². The molecule has 1 fully saturated rings. The Kier molecular flexibility index (Phi) is 3.14. The average molecular weight is 244 g/mol. The molecular weight excluding hydrogens is 234 g/mol. The van der Waals surface area contributed by atoms with E-state index < -0.39 is 23.5 Å². The highest BCUT2D eigenvalue weighted by Crippen LogP contribution is 2.42. The highest BCUT2D eigenvalue weighted by atomic mass is 32.2. The van der Waals surface area contributed by atoms with E-state index in [-0.39, 0.29) is 10.1 Å². The molecule has 2 rings (SSSR count). The molecule has 1 aliphatic rings. The van der Waals surface area contributed by atoms with Crippen LogP contribution in [0.25, 0.3) is 0 Å². The lowest BCUT2D eigenvalue weighted by Crippen LogP contribution is -2.35. The van der Waals surface area contributed by atoms with E-state index in [1.165, 1.54) is 0 Å². The Bertz CT molecular complexity index is 422. The Balaban J connectivity index is 2.09. The molecule has 0 radical (unpaired) electrons. The first-order valence-corrected chi connectivity index (χ1v) is 5.80. The fraction of sp³-hybridized carbons (Fsp3) is 0.364. The fourth-order valence-corrected chi connectivity index (χ4v) is 2.98. The quantitative estimate of drug-likeness (QED) is 0.888. The molecule has 2 unspecified atom stereocenters. The summed E-state index contributed by atoms with van der Waals surface area (Å²) in [4.78, 5) is 10.9. The van der Waals surface area contributed by atoms with E-state index >= 15 is 0 Å². The smallest absolute Gasteiger partial charge is 0.307 e. The van der Waals surface area contributed by atoms with E-state index in [0.717, 1.165) is 36.4 Å². The number of hydrogen-bond acceptors (Lipinski definition) is 2. The molecule has 86 valence electrons. The lowest BCUT2D eigenvalue weighted by Gasteiger charge is -2.32. The number of carboxylic acid groups (broad SMARTS) is 1. The second kappa shape index (κ2) is 4.41. The average Bonchev–Trinajstić information content (AvgIpc) is 2.16. The maximum atomic E-state index is 13.3. The number of aliphatic carboxylic acids is 1. The monoisotopic (exact) mass is 244 g/mol. The predicted molar refractivity (Wildman–Crippen MR) is 56.4 cm³/mol. The highest BCUT2D eigenvalue weighted by Gasteiger charge is 2.37. The molecule has 0 saturated heterocycles. The van der Waals surface area contributed by atoms with Gasteiger partial charge < -0.3 is 5.11 Å². The number of carbonyl (C=O) groups is 1. The van der Waals surface area contributed by atoms with Crippen LogP contribution in [0.4, 0.5) is 8.78 Å². The van der Waals surface area contributed by atoms with E-state index in [4.69, 9.17) is 5.11 Å². The number of thioether (sulfide) groups is 1. The van der Waals surface area contributed by atoms with Gasteiger partial charge >= 0.3 is 5.97 Å². The van der Waals surface area contributed by atoms with Crippen LogP contribution in [0.5, 0.6) is 0 Å². The molecule has 16 heavy (non-hydrogen) atoms. The van der Waals surface area contributed by atoms with Crippen molar-refractivity contribution in [2.24, 2.45) is 5.92 Å². The number of carboxylic acids is 1. The molecule has 0 amide bonds. The van der Waals surface area contributed by atoms with Crippen LogP contribution in [0.3, 0.4) is 0 Å². The van der Waals surface area contributed by atoms with E-state index in [9.17, 15) is 13.6 Å². The first-order valence-electron chi connectivity index (χ1n) is 4.92. The van der Waals surface area contributed by atoms with Crippen LogP contribution in [-0.2, 0) is 4.79 Å². The topological polar surface area (TPSA) is 37.3 Å². The summed E-state index contributed by atoms with van der Waals surface area (Å²) < 4.78 is 26.2. The molecule has 1 aliphatic carbocycles. The summed E-state index contributed by atoms with van der Waals surface area (Å²) in [6, 6.07) is 3.22. The van der Waals surface area contributed by atoms with Gasteiger partial charge in [-0.25, -0.2) is 8.78 Å². The Hall–Kier alpha value is -1.10. The van der Waals surface area contributed by atoms with Gasteiger partial charge in [-0.3, -0.25) is 4.79 Å². The van der Waals surface area contributed by atoms with Gasteiger partial charge in [-0.05, 0) is 31.0 Å². The molecular formula is C11H10F2O2S. The zero-order valence-electron chi connectivity index (χ0n) is 8.32. The third kappa shape index (κ3) is 2.19. The first-order chi connectivity index (χ1) is 7.58. The van der Waals surface area contributed by atoms with Crippen LogP contribution >= 0.6 is 11.8 Å². The largest absolute Gasteiger partial charge is 0.481 e. The van der Waals surface area contributed by atoms with Crippen molar-refractivity contribution >= 4 is 17.7 Å². The van der Waals surface area contributed by atoms with Crippen molar-refractivity contribution in [3.8, 4) is 0 Å². The van der Waals surface area contributed by atoms with Gasteiger partial charge in [-0.1, -0.05) is 0 Å². The van der Waals surface area contributed by atoms with E-state index in [1.54, 1.807) is 0 Å². The summed E-state index contributed by atoms with van der Waals surface area (Å²) in [5.41, 5.74) is 0. The van der Waals surface area contributed by atoms with Gasteiger partial charge in [0.15, 0.2) is 0 Å². The van der Waals surface area contributed by atoms with Crippen LogP contribution in [0.15, 0.2) is 23.1 Å². The van der Waals surface area contributed by atoms with Gasteiger partial charge in [-0.2, -0.15) is 0 Å². The Morgan fingerprint density at radius 3 is 2.69 bits per heavy atom. The number of halogens is 2. The molecule has 0 heterocycles. The minimum atomic E-state index is -0.861. The van der Waals surface area contributed by atoms with Gasteiger partial charge in [0.2, 0.25) is 0 Å². The molecule has 2 atom stereocenters. The van der Waals surface area contributed by atoms with Gasteiger partial charge in [0.05, 0.1) is 5.92 Å². The van der Waals surface area contributed by atoms with Gasteiger partial charge in [0.25, 0.3) is 0 Å². The Labute approximate surface area is 95.7 Å². The molecule has 1 aromatic rings. The van der Waals surface area contributed by atoms with Crippen LogP contribution < -0.4 is 0 Å². The number of rotatable bonds is 3. The van der Waals surface area contributed by atoms with Crippen LogP contribution in [0, 0.1) is 17.6 Å². The standard InChI is InChI=1S/C11H10F2O2S/c12-6-1-3-8(13)10(5-6)16-9-4-2-7(9)11(14)15/h1,3,5,7,9H,2,4H2,(H,14,15). The van der Waals surface area contributed by atoms with Crippen LogP contribution in [0.2, 0.25) is 0 Å². The highest BCUT2D eigenvalue weighted by molar-refractivity contribution is 8.00. The molecule has 0 aliphatic heterocycles. The van der Waals surface area contributed by atoms with Crippen LogP contribution in [0.1, 0.15) is 12.8 Å². The van der Waals surface area contributed by atoms with Crippen molar-refractivity contribution in [1.29, 1.82) is 0 Å². The Morgan fingerprint density at radius 2 is 2.12 bits per heavy atom. The third-order valence-electron chi connectivity index (χ3n) is 2.70. The van der Waals surface area contributed by atoms with Gasteiger partial charge in [0, 0.05) is 10.1 Å². The predicted octanol–water partition coefficient (Wildman–Crippen LogP) is 2.92. The fourth-order valence-electron chi connectivity index (χ4n) is 1.62. The van der Waals surface area contributed by atoms with Gasteiger partial charge in [-0.15, -0.1) is 11.8 Å². The van der Waals surface area contributed by atoms with Crippen molar-refractivity contribution in [2.75, 3.05) is 0 Å². The molecule has 0 bridgehead atoms. The van der Waals surface area contributed by atoms with Crippen molar-refractivity contribution in [3.63, 3.8) is 0 Å². The van der Waals surface area contributed by atoms with Gasteiger partial charge in [0.1, 0.15) is 11.6 Å². The summed E-state index contributed by atoms with van der Waals surface area (Å²) in [5, 5.41) is 8.68. The van der Waals surface area contributed by atoms with Crippen molar-refractivity contribution in [3.05, 3.63) is 29.8 Å². The first kappa shape index (κ1) is 11.4. The molecule has 0 spiro atoms. The normalized spacial score (nSPS) is 23.9. The molecule has 2 nitrogen and oxygen atoms in total. The van der Waals surface area contributed by atoms with Crippen molar-refractivity contribution in [2.45, 2.75) is 23.0 Å². The lowest BCUT2D eigenvalue weighted by molar-refractivity contribution is -0.144. The summed E-state index contributed by atoms with van der Waals surface area (Å²) in [6.45, 7) is 0. The molecule has 5 heteroatoms. The zero-order valence-corrected chi connectivity index (χ0v) is 9.14. The van der Waals surface area contributed by atoms with Crippen LogP contribution in [-0.4, -0.2) is 16.3 Å². The number of hydrogen-bond donors (Lipinski definition) is 1. The van der Waals surface area contributed by atoms with E-state index in [0.29, 0.717) is 6.42 Å². The number of benzene rings is 1. The molecule has 1 saturated carbocycles. The summed E-state index contributed by atoms with van der Waals surface area (Å²) in [7, 11) is 0. The minimum absolute atomic E-state index is 0.145. The van der Waals surface area contributed by atoms with E-state index in [1.807, 2.05) is 0 Å². The molecule has 0 aromatic heterocycles. The lowest BCUT2D eigenvalue weighted by atomic mass is 9.85. The molecule has 1 N–H and O–H groups in total. The SMILES string of the molecule is O=C(O)C1CCC1Sc1cc(F)ccc1F. The van der Waals surface area contributed by atoms with E-state index in [2.05, 4.69) is 0 Å².